The highest BCUT2D eigenvalue weighted by Gasteiger charge is 2.30. The monoisotopic (exact) mass is 241 g/mol. The van der Waals surface area contributed by atoms with Gasteiger partial charge >= 0.3 is 0 Å². The molecule has 0 heterocycles. The maximum atomic E-state index is 11.9. The third kappa shape index (κ3) is 4.66. The number of aliphatic hydroxyl groups is 1. The molecule has 0 aromatic carbocycles. The average Bonchev–Trinajstić information content (AvgIpc) is 2.28. The molecule has 1 rings (SSSR count). The first-order valence-electron chi connectivity index (χ1n) is 6.83. The largest absolute Gasteiger partial charge is 0.396 e. The zero-order valence-electron chi connectivity index (χ0n) is 11.5. The fourth-order valence-electron chi connectivity index (χ4n) is 2.54. The number of amides is 1. The minimum atomic E-state index is 0.189. The van der Waals surface area contributed by atoms with Crippen LogP contribution in [-0.4, -0.2) is 35.6 Å². The molecule has 1 amide bonds. The highest BCUT2D eigenvalue weighted by Crippen LogP contribution is 2.36. The van der Waals surface area contributed by atoms with Crippen LogP contribution in [0, 0.1) is 5.41 Å². The lowest BCUT2D eigenvalue weighted by molar-refractivity contribution is -0.133. The zero-order valence-corrected chi connectivity index (χ0v) is 11.5. The van der Waals surface area contributed by atoms with Crippen LogP contribution in [-0.2, 0) is 4.79 Å². The van der Waals surface area contributed by atoms with Gasteiger partial charge in [0.15, 0.2) is 0 Å². The minimum Gasteiger partial charge on any atom is -0.396 e. The molecule has 1 saturated carbocycles. The van der Waals surface area contributed by atoms with Crippen molar-refractivity contribution in [3.05, 3.63) is 0 Å². The van der Waals surface area contributed by atoms with Gasteiger partial charge < -0.3 is 10.0 Å². The summed E-state index contributed by atoms with van der Waals surface area (Å²) in [4.78, 5) is 13.9. The predicted molar refractivity (Wildman–Crippen MR) is 69.7 cm³/mol. The molecule has 3 heteroatoms. The van der Waals surface area contributed by atoms with Gasteiger partial charge in [0.2, 0.25) is 5.91 Å². The first-order chi connectivity index (χ1) is 7.96. The van der Waals surface area contributed by atoms with Crippen LogP contribution in [0.25, 0.3) is 0 Å². The normalized spacial score (nSPS) is 20.2. The van der Waals surface area contributed by atoms with E-state index in [0.29, 0.717) is 17.9 Å². The molecule has 0 aromatic rings. The van der Waals surface area contributed by atoms with Crippen molar-refractivity contribution < 1.29 is 9.90 Å². The number of nitrogens with zero attached hydrogens (tertiary/aromatic N) is 1. The maximum absolute atomic E-state index is 11.9. The van der Waals surface area contributed by atoms with Crippen molar-refractivity contribution in [2.24, 2.45) is 5.41 Å². The van der Waals surface area contributed by atoms with Crippen molar-refractivity contribution in [3.8, 4) is 0 Å². The van der Waals surface area contributed by atoms with Gasteiger partial charge in [-0.2, -0.15) is 0 Å². The highest BCUT2D eigenvalue weighted by molar-refractivity contribution is 5.76. The summed E-state index contributed by atoms with van der Waals surface area (Å²) >= 11 is 0. The summed E-state index contributed by atoms with van der Waals surface area (Å²) in [7, 11) is 1.93. The van der Waals surface area contributed by atoms with Gasteiger partial charge in [-0.1, -0.05) is 13.8 Å². The van der Waals surface area contributed by atoms with Gasteiger partial charge in [0.25, 0.3) is 0 Å². The molecule has 0 radical (unpaired) electrons. The molecular weight excluding hydrogens is 214 g/mol. The van der Waals surface area contributed by atoms with Crippen LogP contribution < -0.4 is 0 Å². The smallest absolute Gasteiger partial charge is 0.222 e. The van der Waals surface area contributed by atoms with Crippen LogP contribution in [0.1, 0.15) is 58.8 Å². The third-order valence-electron chi connectivity index (χ3n) is 4.05. The number of hydrogen-bond acceptors (Lipinski definition) is 2. The molecule has 1 aliphatic carbocycles. The standard InChI is InChI=1S/C14H27NO2/c1-14(2)9-7-12(8-10-14)15(3)13(17)6-4-5-11-16/h12,16H,4-11H2,1-3H3. The quantitative estimate of drug-likeness (QED) is 0.752. The van der Waals surface area contributed by atoms with Crippen LogP contribution in [0.2, 0.25) is 0 Å². The molecule has 100 valence electrons. The summed E-state index contributed by atoms with van der Waals surface area (Å²) in [6.45, 7) is 4.81. The second-order valence-electron chi connectivity index (χ2n) is 6.08. The van der Waals surface area contributed by atoms with Gasteiger partial charge in [-0.3, -0.25) is 4.79 Å². The predicted octanol–water partition coefficient (Wildman–Crippen LogP) is 2.58. The molecule has 1 fully saturated rings. The van der Waals surface area contributed by atoms with Crippen molar-refractivity contribution in [2.75, 3.05) is 13.7 Å². The second kappa shape index (κ2) is 6.39. The Balaban J connectivity index is 2.32. The highest BCUT2D eigenvalue weighted by atomic mass is 16.3. The van der Waals surface area contributed by atoms with Crippen LogP contribution in [0.4, 0.5) is 0 Å². The SMILES string of the molecule is CN(C(=O)CCCCO)C1CCC(C)(C)CC1. The Hall–Kier alpha value is -0.570. The Morgan fingerprint density at radius 3 is 2.41 bits per heavy atom. The number of rotatable bonds is 5. The summed E-state index contributed by atoms with van der Waals surface area (Å²) in [5.41, 5.74) is 0.456. The number of aliphatic hydroxyl groups excluding tert-OH is 1. The Morgan fingerprint density at radius 2 is 1.88 bits per heavy atom. The molecule has 0 unspecified atom stereocenters. The van der Waals surface area contributed by atoms with E-state index in [1.165, 1.54) is 12.8 Å². The molecule has 0 atom stereocenters. The molecule has 0 saturated heterocycles. The van der Waals surface area contributed by atoms with Gasteiger partial charge in [-0.15, -0.1) is 0 Å². The van der Waals surface area contributed by atoms with E-state index in [9.17, 15) is 4.79 Å². The fourth-order valence-corrected chi connectivity index (χ4v) is 2.54. The van der Waals surface area contributed by atoms with Crippen molar-refractivity contribution in [2.45, 2.75) is 64.8 Å². The average molecular weight is 241 g/mol. The molecule has 1 N–H and O–H groups in total. The van der Waals surface area contributed by atoms with E-state index in [-0.39, 0.29) is 12.5 Å². The van der Waals surface area contributed by atoms with Crippen molar-refractivity contribution in [1.82, 2.24) is 4.90 Å². The Morgan fingerprint density at radius 1 is 1.29 bits per heavy atom. The number of carbonyl (C=O) groups excluding carboxylic acids is 1. The van der Waals surface area contributed by atoms with Crippen LogP contribution in [0.3, 0.4) is 0 Å². The molecule has 0 aromatic heterocycles. The third-order valence-corrected chi connectivity index (χ3v) is 4.05. The Labute approximate surface area is 105 Å². The van der Waals surface area contributed by atoms with E-state index >= 15 is 0 Å². The summed E-state index contributed by atoms with van der Waals surface area (Å²) < 4.78 is 0. The second-order valence-corrected chi connectivity index (χ2v) is 6.08. The molecular formula is C14H27NO2. The van der Waals surface area contributed by atoms with Gasteiger partial charge in [-0.25, -0.2) is 0 Å². The maximum Gasteiger partial charge on any atom is 0.222 e. The Kier molecular flexibility index (Phi) is 5.44. The first kappa shape index (κ1) is 14.5. The van der Waals surface area contributed by atoms with Crippen LogP contribution in [0.5, 0.6) is 0 Å². The van der Waals surface area contributed by atoms with Gasteiger partial charge in [0, 0.05) is 26.1 Å². The number of carbonyl (C=O) groups is 1. The molecule has 0 spiro atoms. The Bertz CT molecular complexity index is 241. The summed E-state index contributed by atoms with van der Waals surface area (Å²) in [6.07, 6.45) is 6.81. The van der Waals surface area contributed by atoms with Gasteiger partial charge in [-0.05, 0) is 43.9 Å². The van der Waals surface area contributed by atoms with Crippen LogP contribution in [0.15, 0.2) is 0 Å². The first-order valence-corrected chi connectivity index (χ1v) is 6.83. The lowest BCUT2D eigenvalue weighted by Crippen LogP contribution is -2.40. The minimum absolute atomic E-state index is 0.189. The van der Waals surface area contributed by atoms with Gasteiger partial charge in [0.05, 0.1) is 0 Å². The lowest BCUT2D eigenvalue weighted by Gasteiger charge is -2.38. The zero-order chi connectivity index (χ0) is 12.9. The fraction of sp³-hybridized carbons (Fsp3) is 0.929. The number of unbranched alkanes of at least 4 members (excludes halogenated alkanes) is 1. The van der Waals surface area contributed by atoms with Crippen molar-refractivity contribution in [1.29, 1.82) is 0 Å². The van der Waals surface area contributed by atoms with E-state index in [1.807, 2.05) is 11.9 Å². The summed E-state index contributed by atoms with van der Waals surface area (Å²) in [6, 6.07) is 0.435. The summed E-state index contributed by atoms with van der Waals surface area (Å²) in [5.74, 6) is 0.239. The van der Waals surface area contributed by atoms with E-state index < -0.39 is 0 Å². The lowest BCUT2D eigenvalue weighted by atomic mass is 9.75. The molecule has 17 heavy (non-hydrogen) atoms. The molecule has 1 aliphatic rings. The summed E-state index contributed by atoms with van der Waals surface area (Å²) in [5, 5.41) is 8.70. The van der Waals surface area contributed by atoms with Crippen LogP contribution >= 0.6 is 0 Å². The number of hydrogen-bond donors (Lipinski definition) is 1. The van der Waals surface area contributed by atoms with E-state index in [1.54, 1.807) is 0 Å². The van der Waals surface area contributed by atoms with Crippen molar-refractivity contribution >= 4 is 5.91 Å². The van der Waals surface area contributed by atoms with E-state index in [2.05, 4.69) is 13.8 Å². The van der Waals surface area contributed by atoms with E-state index in [4.69, 9.17) is 5.11 Å². The van der Waals surface area contributed by atoms with Gasteiger partial charge in [0.1, 0.15) is 0 Å². The molecule has 0 bridgehead atoms. The van der Waals surface area contributed by atoms with E-state index in [0.717, 1.165) is 25.7 Å². The molecule has 3 nitrogen and oxygen atoms in total. The topological polar surface area (TPSA) is 40.5 Å². The van der Waals surface area contributed by atoms with Crippen molar-refractivity contribution in [3.63, 3.8) is 0 Å². The molecule has 0 aliphatic heterocycles.